The predicted molar refractivity (Wildman–Crippen MR) is 94.2 cm³/mol. The Bertz CT molecular complexity index is 720. The Kier molecular flexibility index (Phi) is 5.00. The molecule has 0 aliphatic carbocycles. The number of carbonyl (C=O) groups is 1. The van der Waals surface area contributed by atoms with Crippen LogP contribution >= 0.6 is 0 Å². The standard InChI is InChI=1S/C17H26N4O4S/c22-17(21-8-1-13(2-9-21)16-18-12-25-19-16)14-3-6-20(7-4-14)15-5-10-26(23,24)11-15/h12-15H,1-11H2. The second kappa shape index (κ2) is 7.26. The molecule has 1 amide bonds. The summed E-state index contributed by atoms with van der Waals surface area (Å²) in [6.45, 7) is 3.16. The Balaban J connectivity index is 1.25. The third-order valence-corrected chi connectivity index (χ3v) is 7.90. The van der Waals surface area contributed by atoms with E-state index in [0.29, 0.717) is 5.75 Å². The Morgan fingerprint density at radius 1 is 1.08 bits per heavy atom. The van der Waals surface area contributed by atoms with Gasteiger partial charge in [0.05, 0.1) is 11.5 Å². The van der Waals surface area contributed by atoms with Crippen LogP contribution in [0.5, 0.6) is 0 Å². The summed E-state index contributed by atoms with van der Waals surface area (Å²) in [4.78, 5) is 21.2. The van der Waals surface area contributed by atoms with Gasteiger partial charge in [-0.15, -0.1) is 0 Å². The number of amides is 1. The highest BCUT2D eigenvalue weighted by Crippen LogP contribution is 2.29. The van der Waals surface area contributed by atoms with Crippen molar-refractivity contribution in [3.63, 3.8) is 0 Å². The van der Waals surface area contributed by atoms with Gasteiger partial charge in [-0.25, -0.2) is 8.42 Å². The molecule has 9 heteroatoms. The minimum atomic E-state index is -2.85. The first-order valence-corrected chi connectivity index (χ1v) is 11.3. The van der Waals surface area contributed by atoms with Crippen molar-refractivity contribution >= 4 is 15.7 Å². The van der Waals surface area contributed by atoms with E-state index in [-0.39, 0.29) is 29.5 Å². The Labute approximate surface area is 153 Å². The molecule has 0 saturated carbocycles. The van der Waals surface area contributed by atoms with Crippen molar-refractivity contribution < 1.29 is 17.7 Å². The second-order valence-corrected chi connectivity index (χ2v) is 9.98. The fraction of sp³-hybridized carbons (Fsp3) is 0.824. The molecule has 1 aromatic heterocycles. The molecule has 0 bridgehead atoms. The highest BCUT2D eigenvalue weighted by Gasteiger charge is 2.37. The zero-order chi connectivity index (χ0) is 18.1. The first-order valence-electron chi connectivity index (χ1n) is 9.51. The SMILES string of the molecule is O=C(C1CCN(C2CCS(=O)(=O)C2)CC1)N1CCC(c2ncon2)CC1. The van der Waals surface area contributed by atoms with Crippen LogP contribution < -0.4 is 0 Å². The summed E-state index contributed by atoms with van der Waals surface area (Å²) in [5.41, 5.74) is 0. The fourth-order valence-electron chi connectivity index (χ4n) is 4.55. The van der Waals surface area contributed by atoms with E-state index in [1.54, 1.807) is 0 Å². The van der Waals surface area contributed by atoms with Gasteiger partial charge < -0.3 is 9.42 Å². The lowest BCUT2D eigenvalue weighted by Gasteiger charge is -2.38. The molecule has 3 aliphatic heterocycles. The van der Waals surface area contributed by atoms with E-state index in [0.717, 1.165) is 64.1 Å². The molecule has 1 unspecified atom stereocenters. The van der Waals surface area contributed by atoms with Crippen LogP contribution in [0.3, 0.4) is 0 Å². The molecule has 3 aliphatic rings. The zero-order valence-corrected chi connectivity index (χ0v) is 15.7. The van der Waals surface area contributed by atoms with Gasteiger partial charge >= 0.3 is 0 Å². The molecular formula is C17H26N4O4S. The zero-order valence-electron chi connectivity index (χ0n) is 14.9. The molecule has 3 fully saturated rings. The number of likely N-dealkylation sites (tertiary alicyclic amines) is 2. The van der Waals surface area contributed by atoms with Crippen LogP contribution in [-0.2, 0) is 14.6 Å². The molecule has 1 atom stereocenters. The van der Waals surface area contributed by atoms with Crippen molar-refractivity contribution in [2.45, 2.75) is 44.1 Å². The first kappa shape index (κ1) is 17.9. The number of sulfone groups is 1. The summed E-state index contributed by atoms with van der Waals surface area (Å²) in [6, 6.07) is 0.154. The van der Waals surface area contributed by atoms with Gasteiger partial charge in [0.1, 0.15) is 0 Å². The number of carbonyl (C=O) groups excluding carboxylic acids is 1. The van der Waals surface area contributed by atoms with E-state index in [9.17, 15) is 13.2 Å². The molecule has 0 N–H and O–H groups in total. The van der Waals surface area contributed by atoms with Gasteiger partial charge in [-0.1, -0.05) is 5.16 Å². The third-order valence-electron chi connectivity index (χ3n) is 6.15. The first-order chi connectivity index (χ1) is 12.5. The van der Waals surface area contributed by atoms with Crippen molar-refractivity contribution in [3.05, 3.63) is 12.2 Å². The number of piperidine rings is 2. The monoisotopic (exact) mass is 382 g/mol. The molecule has 4 heterocycles. The van der Waals surface area contributed by atoms with Gasteiger partial charge in [0.2, 0.25) is 12.3 Å². The Hall–Kier alpha value is -1.48. The molecule has 3 saturated heterocycles. The Morgan fingerprint density at radius 3 is 2.38 bits per heavy atom. The minimum absolute atomic E-state index is 0.0750. The quantitative estimate of drug-likeness (QED) is 0.758. The molecule has 26 heavy (non-hydrogen) atoms. The number of nitrogens with zero attached hydrogens (tertiary/aromatic N) is 4. The van der Waals surface area contributed by atoms with Crippen LogP contribution in [-0.4, -0.2) is 78.0 Å². The van der Waals surface area contributed by atoms with Gasteiger partial charge in [-0.3, -0.25) is 9.69 Å². The number of hydrogen-bond donors (Lipinski definition) is 0. The maximum absolute atomic E-state index is 12.8. The highest BCUT2D eigenvalue weighted by atomic mass is 32.2. The van der Waals surface area contributed by atoms with Crippen LogP contribution in [0.25, 0.3) is 0 Å². The Morgan fingerprint density at radius 2 is 1.81 bits per heavy atom. The van der Waals surface area contributed by atoms with Gasteiger partial charge in [0, 0.05) is 31.0 Å². The van der Waals surface area contributed by atoms with Crippen LogP contribution in [0, 0.1) is 5.92 Å². The van der Waals surface area contributed by atoms with Crippen molar-refractivity contribution in [2.75, 3.05) is 37.7 Å². The van der Waals surface area contributed by atoms with Crippen LogP contribution in [0.1, 0.15) is 43.8 Å². The van der Waals surface area contributed by atoms with E-state index in [2.05, 4.69) is 15.0 Å². The average Bonchev–Trinajstić information content (AvgIpc) is 3.31. The van der Waals surface area contributed by atoms with Crippen LogP contribution in [0.15, 0.2) is 10.9 Å². The molecule has 0 aromatic carbocycles. The molecule has 1 aromatic rings. The van der Waals surface area contributed by atoms with Crippen LogP contribution in [0.4, 0.5) is 0 Å². The summed E-state index contributed by atoms with van der Waals surface area (Å²) in [7, 11) is -2.85. The van der Waals surface area contributed by atoms with Gasteiger partial charge in [-0.05, 0) is 45.2 Å². The lowest BCUT2D eigenvalue weighted by atomic mass is 9.91. The van der Waals surface area contributed by atoms with Gasteiger partial charge in [0.15, 0.2) is 15.7 Å². The predicted octanol–water partition coefficient (Wildman–Crippen LogP) is 0.675. The molecule has 8 nitrogen and oxygen atoms in total. The molecule has 4 rings (SSSR count). The fourth-order valence-corrected chi connectivity index (χ4v) is 6.31. The summed E-state index contributed by atoms with van der Waals surface area (Å²) >= 11 is 0. The van der Waals surface area contributed by atoms with E-state index >= 15 is 0 Å². The summed E-state index contributed by atoms with van der Waals surface area (Å²) < 4.78 is 28.2. The molecule has 144 valence electrons. The van der Waals surface area contributed by atoms with Crippen molar-refractivity contribution in [3.8, 4) is 0 Å². The largest absolute Gasteiger partial charge is 0.343 e. The summed E-state index contributed by atoms with van der Waals surface area (Å²) in [5.74, 6) is 1.96. The van der Waals surface area contributed by atoms with Crippen molar-refractivity contribution in [2.24, 2.45) is 5.92 Å². The lowest BCUT2D eigenvalue weighted by molar-refractivity contribution is -0.138. The maximum atomic E-state index is 12.8. The van der Waals surface area contributed by atoms with E-state index in [1.165, 1.54) is 6.39 Å². The highest BCUT2D eigenvalue weighted by molar-refractivity contribution is 7.91. The molecule has 0 radical (unpaired) electrons. The summed E-state index contributed by atoms with van der Waals surface area (Å²) in [5, 5.41) is 3.92. The second-order valence-electron chi connectivity index (χ2n) is 7.76. The van der Waals surface area contributed by atoms with Gasteiger partial charge in [-0.2, -0.15) is 4.98 Å². The van der Waals surface area contributed by atoms with Crippen molar-refractivity contribution in [1.29, 1.82) is 0 Å². The molecule has 0 spiro atoms. The van der Waals surface area contributed by atoms with E-state index in [4.69, 9.17) is 4.52 Å². The topological polar surface area (TPSA) is 96.6 Å². The minimum Gasteiger partial charge on any atom is -0.343 e. The molecular weight excluding hydrogens is 356 g/mol. The van der Waals surface area contributed by atoms with Crippen molar-refractivity contribution in [1.82, 2.24) is 19.9 Å². The third kappa shape index (κ3) is 3.78. The maximum Gasteiger partial charge on any atom is 0.225 e. The van der Waals surface area contributed by atoms with Crippen LogP contribution in [0.2, 0.25) is 0 Å². The normalized spacial score (nSPS) is 28.5. The lowest BCUT2D eigenvalue weighted by Crippen LogP contribution is -2.47. The number of hydrogen-bond acceptors (Lipinski definition) is 7. The number of aromatic nitrogens is 2. The van der Waals surface area contributed by atoms with E-state index < -0.39 is 9.84 Å². The smallest absolute Gasteiger partial charge is 0.225 e. The van der Waals surface area contributed by atoms with Gasteiger partial charge in [0.25, 0.3) is 0 Å². The van der Waals surface area contributed by atoms with E-state index in [1.807, 2.05) is 4.90 Å². The average molecular weight is 382 g/mol. The summed E-state index contributed by atoms with van der Waals surface area (Å²) in [6.07, 6.45) is 5.52. The number of rotatable bonds is 3.